The Hall–Kier alpha value is -2.96. The minimum atomic E-state index is -0.0945. The summed E-state index contributed by atoms with van der Waals surface area (Å²) >= 11 is 0. The predicted molar refractivity (Wildman–Crippen MR) is 116 cm³/mol. The number of hydrogen-bond donors (Lipinski definition) is 1. The first-order valence-electron chi connectivity index (χ1n) is 11.2. The second-order valence-electron chi connectivity index (χ2n) is 9.15. The maximum absolute atomic E-state index is 12.8. The van der Waals surface area contributed by atoms with E-state index in [1.54, 1.807) is 0 Å². The van der Waals surface area contributed by atoms with Gasteiger partial charge in [-0.15, -0.1) is 0 Å². The zero-order valence-corrected chi connectivity index (χ0v) is 17.9. The first kappa shape index (κ1) is 20.0. The van der Waals surface area contributed by atoms with Crippen LogP contribution in [0.1, 0.15) is 53.4 Å². The summed E-state index contributed by atoms with van der Waals surface area (Å²) in [6.07, 6.45) is 3.68. The third kappa shape index (κ3) is 4.13. The maximum atomic E-state index is 12.8. The van der Waals surface area contributed by atoms with E-state index in [1.165, 1.54) is 5.56 Å². The number of benzene rings is 1. The number of carbonyl (C=O) groups excluding carboxylic acids is 2. The minimum Gasteiger partial charge on any atom is -0.342 e. The molecule has 2 amide bonds. The Balaban J connectivity index is 1.27. The molecule has 1 saturated carbocycles. The molecule has 2 fully saturated rings. The van der Waals surface area contributed by atoms with Gasteiger partial charge in [-0.1, -0.05) is 29.8 Å². The summed E-state index contributed by atoms with van der Waals surface area (Å²) in [5.74, 6) is 1.14. The first-order chi connectivity index (χ1) is 15.0. The molecular weight excluding hydrogens is 392 g/mol. The fourth-order valence-corrected chi connectivity index (χ4v) is 4.63. The molecule has 1 saturated heterocycles. The summed E-state index contributed by atoms with van der Waals surface area (Å²) < 4.78 is 0. The highest BCUT2D eigenvalue weighted by Crippen LogP contribution is 2.32. The number of aromatic nitrogens is 2. The standard InChI is InChI=1S/C24H28N4O3/c1-15-2-4-16(5-3-15)12-21(29)27-10-8-18(13-27)22-25-20-14-28(24(31)17-6-7-17)11-9-19(20)23(30)26-22/h2-5,17-18H,6-14H2,1H3,(H,25,26,30)/t18-/m1/s1. The smallest absolute Gasteiger partial charge is 0.254 e. The summed E-state index contributed by atoms with van der Waals surface area (Å²) in [6, 6.07) is 8.04. The summed E-state index contributed by atoms with van der Waals surface area (Å²) in [5, 5.41) is 0. The van der Waals surface area contributed by atoms with Crippen molar-refractivity contribution >= 4 is 11.8 Å². The van der Waals surface area contributed by atoms with Gasteiger partial charge in [0.2, 0.25) is 11.8 Å². The van der Waals surface area contributed by atoms with Crippen molar-refractivity contribution in [2.24, 2.45) is 5.92 Å². The zero-order chi connectivity index (χ0) is 21.5. The van der Waals surface area contributed by atoms with Gasteiger partial charge in [0.15, 0.2) is 0 Å². The molecule has 1 aromatic carbocycles. The van der Waals surface area contributed by atoms with Crippen molar-refractivity contribution in [1.29, 1.82) is 0 Å². The third-order valence-electron chi connectivity index (χ3n) is 6.73. The van der Waals surface area contributed by atoms with Gasteiger partial charge >= 0.3 is 0 Å². The van der Waals surface area contributed by atoms with Gasteiger partial charge < -0.3 is 14.8 Å². The van der Waals surface area contributed by atoms with Crippen molar-refractivity contribution < 1.29 is 9.59 Å². The molecule has 0 unspecified atom stereocenters. The Morgan fingerprint density at radius 2 is 1.87 bits per heavy atom. The lowest BCUT2D eigenvalue weighted by Gasteiger charge is -2.28. The maximum Gasteiger partial charge on any atom is 0.254 e. The Morgan fingerprint density at radius 3 is 2.61 bits per heavy atom. The van der Waals surface area contributed by atoms with Crippen LogP contribution in [0.4, 0.5) is 0 Å². The largest absolute Gasteiger partial charge is 0.342 e. The van der Waals surface area contributed by atoms with Crippen molar-refractivity contribution in [3.05, 3.63) is 62.8 Å². The molecule has 1 N–H and O–H groups in total. The lowest BCUT2D eigenvalue weighted by atomic mass is 10.0. The van der Waals surface area contributed by atoms with Crippen LogP contribution in [0.2, 0.25) is 0 Å². The Kier molecular flexibility index (Phi) is 5.12. The van der Waals surface area contributed by atoms with Gasteiger partial charge in [-0.25, -0.2) is 4.98 Å². The van der Waals surface area contributed by atoms with E-state index < -0.39 is 0 Å². The fraction of sp³-hybridized carbons (Fsp3) is 0.500. The van der Waals surface area contributed by atoms with Gasteiger partial charge in [0.25, 0.3) is 5.56 Å². The fourth-order valence-electron chi connectivity index (χ4n) is 4.63. The topological polar surface area (TPSA) is 86.4 Å². The molecule has 0 radical (unpaired) electrons. The molecule has 162 valence electrons. The number of rotatable bonds is 4. The van der Waals surface area contributed by atoms with Crippen LogP contribution in [-0.2, 0) is 29.0 Å². The lowest BCUT2D eigenvalue weighted by molar-refractivity contribution is -0.133. The molecule has 31 heavy (non-hydrogen) atoms. The van der Waals surface area contributed by atoms with Gasteiger partial charge in [-0.05, 0) is 38.2 Å². The van der Waals surface area contributed by atoms with E-state index in [2.05, 4.69) is 4.98 Å². The van der Waals surface area contributed by atoms with E-state index in [-0.39, 0.29) is 29.2 Å². The molecule has 3 heterocycles. The van der Waals surface area contributed by atoms with E-state index in [9.17, 15) is 14.4 Å². The second kappa shape index (κ2) is 7.94. The molecule has 3 aliphatic rings. The molecular formula is C24H28N4O3. The number of aromatic amines is 1. The molecule has 5 rings (SSSR count). The molecule has 7 heteroatoms. The van der Waals surface area contributed by atoms with Gasteiger partial charge in [0.05, 0.1) is 18.7 Å². The van der Waals surface area contributed by atoms with Crippen molar-refractivity contribution in [3.8, 4) is 0 Å². The first-order valence-corrected chi connectivity index (χ1v) is 11.2. The van der Waals surface area contributed by atoms with Crippen LogP contribution in [0.15, 0.2) is 29.1 Å². The normalized spacial score (nSPS) is 20.6. The van der Waals surface area contributed by atoms with E-state index in [1.807, 2.05) is 41.0 Å². The van der Waals surface area contributed by atoms with Crippen molar-refractivity contribution in [2.45, 2.75) is 51.5 Å². The number of hydrogen-bond acceptors (Lipinski definition) is 4. The molecule has 2 aliphatic heterocycles. The van der Waals surface area contributed by atoms with Crippen LogP contribution in [0.3, 0.4) is 0 Å². The average molecular weight is 421 g/mol. The predicted octanol–water partition coefficient (Wildman–Crippen LogP) is 1.93. The van der Waals surface area contributed by atoms with E-state index in [0.29, 0.717) is 50.4 Å². The van der Waals surface area contributed by atoms with Crippen LogP contribution in [0.5, 0.6) is 0 Å². The summed E-state index contributed by atoms with van der Waals surface area (Å²) in [4.78, 5) is 49.3. The van der Waals surface area contributed by atoms with Crippen LogP contribution in [-0.4, -0.2) is 51.2 Å². The number of aryl methyl sites for hydroxylation is 1. The van der Waals surface area contributed by atoms with E-state index in [4.69, 9.17) is 4.98 Å². The molecule has 1 atom stereocenters. The van der Waals surface area contributed by atoms with Gasteiger partial charge in [0.1, 0.15) is 5.82 Å². The second-order valence-corrected chi connectivity index (χ2v) is 9.15. The minimum absolute atomic E-state index is 0.0227. The summed E-state index contributed by atoms with van der Waals surface area (Å²) in [6.45, 7) is 4.28. The summed E-state index contributed by atoms with van der Waals surface area (Å²) in [5.41, 5.74) is 3.53. The number of nitrogens with one attached hydrogen (secondary N) is 1. The molecule has 1 aliphatic carbocycles. The molecule has 1 aromatic heterocycles. The lowest BCUT2D eigenvalue weighted by Crippen LogP contribution is -2.40. The van der Waals surface area contributed by atoms with Gasteiger partial charge in [0, 0.05) is 37.0 Å². The highest BCUT2D eigenvalue weighted by Gasteiger charge is 2.36. The molecule has 0 spiro atoms. The van der Waals surface area contributed by atoms with E-state index in [0.717, 1.165) is 30.5 Å². The molecule has 0 bridgehead atoms. The number of nitrogens with zero attached hydrogens (tertiary/aromatic N) is 3. The number of carbonyl (C=O) groups is 2. The Bertz CT molecular complexity index is 1070. The van der Waals surface area contributed by atoms with Gasteiger partial charge in [-0.2, -0.15) is 0 Å². The number of H-pyrrole nitrogens is 1. The van der Waals surface area contributed by atoms with Crippen molar-refractivity contribution in [1.82, 2.24) is 19.8 Å². The number of fused-ring (bicyclic) bond motifs is 1. The Morgan fingerprint density at radius 1 is 1.10 bits per heavy atom. The Labute approximate surface area is 181 Å². The SMILES string of the molecule is Cc1ccc(CC(=O)N2CC[C@@H](c3nc4c(c(=O)[nH]3)CCN(C(=O)C3CC3)C4)C2)cc1. The van der Waals surface area contributed by atoms with Crippen LogP contribution < -0.4 is 5.56 Å². The summed E-state index contributed by atoms with van der Waals surface area (Å²) in [7, 11) is 0. The van der Waals surface area contributed by atoms with Crippen LogP contribution >= 0.6 is 0 Å². The third-order valence-corrected chi connectivity index (χ3v) is 6.73. The quantitative estimate of drug-likeness (QED) is 0.819. The van der Waals surface area contributed by atoms with Gasteiger partial charge in [-0.3, -0.25) is 14.4 Å². The number of likely N-dealkylation sites (tertiary alicyclic amines) is 1. The highest BCUT2D eigenvalue weighted by atomic mass is 16.2. The molecule has 2 aromatic rings. The number of amides is 2. The van der Waals surface area contributed by atoms with Crippen molar-refractivity contribution in [3.63, 3.8) is 0 Å². The van der Waals surface area contributed by atoms with Crippen LogP contribution in [0, 0.1) is 12.8 Å². The average Bonchev–Trinajstić information content (AvgIpc) is 3.50. The van der Waals surface area contributed by atoms with Crippen LogP contribution in [0.25, 0.3) is 0 Å². The zero-order valence-electron chi connectivity index (χ0n) is 17.9. The molecule has 7 nitrogen and oxygen atoms in total. The van der Waals surface area contributed by atoms with E-state index >= 15 is 0 Å². The monoisotopic (exact) mass is 420 g/mol. The van der Waals surface area contributed by atoms with Crippen molar-refractivity contribution in [2.75, 3.05) is 19.6 Å². The highest BCUT2D eigenvalue weighted by molar-refractivity contribution is 5.81.